The molecule has 1 aliphatic heterocycles. The van der Waals surface area contributed by atoms with E-state index in [2.05, 4.69) is 15.0 Å². The van der Waals surface area contributed by atoms with Crippen molar-refractivity contribution in [2.75, 3.05) is 13.1 Å². The van der Waals surface area contributed by atoms with Crippen molar-refractivity contribution >= 4 is 6.29 Å². The quantitative estimate of drug-likeness (QED) is 0.616. The zero-order valence-electron chi connectivity index (χ0n) is 14.6. The number of ether oxygens (including phenoxy) is 1. The second-order valence-electron chi connectivity index (χ2n) is 6.23. The van der Waals surface area contributed by atoms with E-state index in [4.69, 9.17) is 4.74 Å². The first-order chi connectivity index (χ1) is 13.3. The van der Waals surface area contributed by atoms with Gasteiger partial charge in [-0.2, -0.15) is 13.2 Å². The fraction of sp³-hybridized carbons (Fsp3) is 0.333. The van der Waals surface area contributed by atoms with Gasteiger partial charge in [-0.25, -0.2) is 9.97 Å². The zero-order chi connectivity index (χ0) is 20.2. The number of aliphatic hydroxyl groups is 1. The molecular formula is C18H17F3N4O3. The van der Waals surface area contributed by atoms with E-state index in [0.717, 1.165) is 18.3 Å². The number of carbonyl (C=O) groups is 1. The molecule has 0 aromatic carbocycles. The van der Waals surface area contributed by atoms with Crippen LogP contribution in [0.25, 0.3) is 0 Å². The van der Waals surface area contributed by atoms with Crippen molar-refractivity contribution in [1.29, 1.82) is 0 Å². The maximum atomic E-state index is 12.6. The molecule has 0 unspecified atom stereocenters. The smallest absolute Gasteiger partial charge is 0.433 e. The summed E-state index contributed by atoms with van der Waals surface area (Å²) in [7, 11) is 0. The number of likely N-dealkylation sites (tertiary alicyclic amines) is 1. The van der Waals surface area contributed by atoms with Gasteiger partial charge >= 0.3 is 6.18 Å². The summed E-state index contributed by atoms with van der Waals surface area (Å²) in [5, 5.41) is 11.0. The standard InChI is InChI=1S/C18H17F3N4O3/c19-18(20,21)14-3-2-13(12-24-14)28-16-15(22-6-7-23-16)17(27)4-9-25(10-5-17)8-1-11-26/h1-3,6-8,11-12,27H,4-5,9-10H2. The van der Waals surface area contributed by atoms with Crippen molar-refractivity contribution < 1.29 is 27.8 Å². The topological polar surface area (TPSA) is 88.4 Å². The van der Waals surface area contributed by atoms with Crippen molar-refractivity contribution in [3.63, 3.8) is 0 Å². The maximum Gasteiger partial charge on any atom is 0.433 e. The van der Waals surface area contributed by atoms with Crippen molar-refractivity contribution in [3.05, 3.63) is 54.4 Å². The Morgan fingerprint density at radius 1 is 1.14 bits per heavy atom. The fourth-order valence-electron chi connectivity index (χ4n) is 2.88. The Morgan fingerprint density at radius 3 is 2.46 bits per heavy atom. The van der Waals surface area contributed by atoms with E-state index in [0.29, 0.717) is 32.2 Å². The summed E-state index contributed by atoms with van der Waals surface area (Å²) < 4.78 is 43.4. The van der Waals surface area contributed by atoms with Gasteiger partial charge in [0, 0.05) is 31.7 Å². The Kier molecular flexibility index (Phi) is 5.59. The van der Waals surface area contributed by atoms with E-state index < -0.39 is 17.5 Å². The highest BCUT2D eigenvalue weighted by molar-refractivity contribution is 5.64. The lowest BCUT2D eigenvalue weighted by Gasteiger charge is -2.37. The Labute approximate surface area is 158 Å². The van der Waals surface area contributed by atoms with Crippen LogP contribution in [0.5, 0.6) is 11.6 Å². The lowest BCUT2D eigenvalue weighted by molar-refractivity contribution is -0.141. The molecule has 0 bridgehead atoms. The predicted molar refractivity (Wildman–Crippen MR) is 91.3 cm³/mol. The summed E-state index contributed by atoms with van der Waals surface area (Å²) in [4.78, 5) is 23.9. The first kappa shape index (κ1) is 19.7. The maximum absolute atomic E-state index is 12.6. The molecule has 2 aromatic heterocycles. The minimum atomic E-state index is -4.54. The molecule has 10 heteroatoms. The molecule has 0 atom stereocenters. The number of alkyl halides is 3. The van der Waals surface area contributed by atoms with Crippen LogP contribution in [0, 0.1) is 0 Å². The molecule has 3 rings (SSSR count). The molecule has 3 heterocycles. The van der Waals surface area contributed by atoms with E-state index in [9.17, 15) is 23.1 Å². The highest BCUT2D eigenvalue weighted by atomic mass is 19.4. The molecule has 28 heavy (non-hydrogen) atoms. The summed E-state index contributed by atoms with van der Waals surface area (Å²) >= 11 is 0. The fourth-order valence-corrected chi connectivity index (χ4v) is 2.88. The molecule has 0 amide bonds. The SMILES string of the molecule is O=CC=CN1CCC(O)(c2nccnc2Oc2ccc(C(F)(F)F)nc2)CC1. The molecule has 1 aliphatic rings. The number of hydrogen-bond acceptors (Lipinski definition) is 7. The molecule has 0 spiro atoms. The lowest BCUT2D eigenvalue weighted by atomic mass is 9.88. The number of aldehydes is 1. The van der Waals surface area contributed by atoms with Crippen LogP contribution < -0.4 is 4.74 Å². The largest absolute Gasteiger partial charge is 0.436 e. The van der Waals surface area contributed by atoms with Crippen molar-refractivity contribution in [2.24, 2.45) is 0 Å². The van der Waals surface area contributed by atoms with E-state index in [1.165, 1.54) is 18.5 Å². The molecule has 1 saturated heterocycles. The highest BCUT2D eigenvalue weighted by Gasteiger charge is 2.38. The summed E-state index contributed by atoms with van der Waals surface area (Å²) in [5.74, 6) is 0.0492. The van der Waals surface area contributed by atoms with Crippen LogP contribution in [0.3, 0.4) is 0 Å². The summed E-state index contributed by atoms with van der Waals surface area (Å²) in [6.45, 7) is 0.970. The van der Waals surface area contributed by atoms with Gasteiger partial charge in [-0.1, -0.05) is 0 Å². The second-order valence-corrected chi connectivity index (χ2v) is 6.23. The monoisotopic (exact) mass is 394 g/mol. The van der Waals surface area contributed by atoms with Crippen LogP contribution in [0.2, 0.25) is 0 Å². The second kappa shape index (κ2) is 7.93. The van der Waals surface area contributed by atoms with Crippen LogP contribution >= 0.6 is 0 Å². The molecule has 0 radical (unpaired) electrons. The van der Waals surface area contributed by atoms with E-state index in [1.807, 2.05) is 4.90 Å². The summed E-state index contributed by atoms with van der Waals surface area (Å²) in [6, 6.07) is 1.93. The third kappa shape index (κ3) is 4.45. The molecule has 0 saturated carbocycles. The van der Waals surface area contributed by atoms with E-state index in [1.54, 1.807) is 6.20 Å². The molecule has 1 fully saturated rings. The van der Waals surface area contributed by atoms with Gasteiger partial charge in [0.05, 0.1) is 6.20 Å². The molecule has 7 nitrogen and oxygen atoms in total. The average molecular weight is 394 g/mol. The number of aromatic nitrogens is 3. The van der Waals surface area contributed by atoms with Gasteiger partial charge < -0.3 is 14.7 Å². The molecular weight excluding hydrogens is 377 g/mol. The van der Waals surface area contributed by atoms with Gasteiger partial charge in [-0.15, -0.1) is 0 Å². The van der Waals surface area contributed by atoms with Crippen LogP contribution in [0.4, 0.5) is 13.2 Å². The third-order valence-electron chi connectivity index (χ3n) is 4.35. The third-order valence-corrected chi connectivity index (χ3v) is 4.35. The van der Waals surface area contributed by atoms with Crippen LogP contribution in [0.1, 0.15) is 24.2 Å². The van der Waals surface area contributed by atoms with Crippen LogP contribution in [-0.4, -0.2) is 44.3 Å². The molecule has 0 aliphatic carbocycles. The molecule has 148 valence electrons. The number of halogens is 3. The molecule has 2 aromatic rings. The Morgan fingerprint density at radius 2 is 1.86 bits per heavy atom. The van der Waals surface area contributed by atoms with Gasteiger partial charge in [0.2, 0.25) is 5.88 Å². The van der Waals surface area contributed by atoms with Crippen molar-refractivity contribution in [1.82, 2.24) is 19.9 Å². The first-order valence-corrected chi connectivity index (χ1v) is 8.43. The predicted octanol–water partition coefficient (Wildman–Crippen LogP) is 2.68. The average Bonchev–Trinajstić information content (AvgIpc) is 2.68. The van der Waals surface area contributed by atoms with Gasteiger partial charge in [-0.3, -0.25) is 9.78 Å². The number of hydrogen-bond donors (Lipinski definition) is 1. The molecule has 1 N–H and O–H groups in total. The van der Waals surface area contributed by atoms with Gasteiger partial charge in [0.25, 0.3) is 0 Å². The van der Waals surface area contributed by atoms with Crippen molar-refractivity contribution in [3.8, 4) is 11.6 Å². The van der Waals surface area contributed by atoms with Gasteiger partial charge in [0.15, 0.2) is 0 Å². The number of pyridine rings is 1. The Hall–Kier alpha value is -3.01. The van der Waals surface area contributed by atoms with E-state index >= 15 is 0 Å². The Balaban J connectivity index is 1.78. The lowest BCUT2D eigenvalue weighted by Crippen LogP contribution is -2.41. The minimum absolute atomic E-state index is 0.00319. The highest BCUT2D eigenvalue weighted by Crippen LogP contribution is 2.37. The summed E-state index contributed by atoms with van der Waals surface area (Å²) in [6.07, 6.45) is 3.50. The van der Waals surface area contributed by atoms with E-state index in [-0.39, 0.29) is 17.3 Å². The zero-order valence-corrected chi connectivity index (χ0v) is 14.6. The summed E-state index contributed by atoms with van der Waals surface area (Å²) in [5.41, 5.74) is -2.14. The number of rotatable bonds is 5. The van der Waals surface area contributed by atoms with Gasteiger partial charge in [0.1, 0.15) is 29.0 Å². The minimum Gasteiger partial charge on any atom is -0.436 e. The number of nitrogens with zero attached hydrogens (tertiary/aromatic N) is 4. The van der Waals surface area contributed by atoms with Gasteiger partial charge in [-0.05, 0) is 31.1 Å². The Bertz CT molecular complexity index is 848. The van der Waals surface area contributed by atoms with Crippen LogP contribution in [-0.2, 0) is 16.6 Å². The van der Waals surface area contributed by atoms with Crippen molar-refractivity contribution in [2.45, 2.75) is 24.6 Å². The number of allylic oxidation sites excluding steroid dienone is 1. The number of carbonyl (C=O) groups excluding carboxylic acids is 1. The number of piperidine rings is 1. The normalized spacial score (nSPS) is 16.9. The van der Waals surface area contributed by atoms with Crippen LogP contribution in [0.15, 0.2) is 43.0 Å². The first-order valence-electron chi connectivity index (χ1n) is 8.43.